The third kappa shape index (κ3) is 2.77. The van der Waals surface area contributed by atoms with E-state index in [4.69, 9.17) is 0 Å². The summed E-state index contributed by atoms with van der Waals surface area (Å²) >= 11 is 0. The molecule has 148 valence electrons. The molecule has 1 N–H and O–H groups in total. The van der Waals surface area contributed by atoms with Crippen molar-refractivity contribution < 1.29 is 4.58 Å². The lowest BCUT2D eigenvalue weighted by Crippen LogP contribution is -2.49. The maximum atomic E-state index is 3.78. The topological polar surface area (TPSA) is 22.0 Å². The Kier molecular flexibility index (Phi) is 4.02. The highest BCUT2D eigenvalue weighted by Gasteiger charge is 2.40. The Labute approximate surface area is 177 Å². The molecule has 3 heteroatoms. The molecule has 3 aromatic carbocycles. The van der Waals surface area contributed by atoms with E-state index in [1.54, 1.807) is 0 Å². The van der Waals surface area contributed by atoms with Gasteiger partial charge in [0.2, 0.25) is 12.4 Å². The molecule has 0 aliphatic carbocycles. The highest BCUT2D eigenvalue weighted by Crippen LogP contribution is 2.34. The molecule has 3 heterocycles. The summed E-state index contributed by atoms with van der Waals surface area (Å²) in [5.74, 6) is 0.341. The number of fused-ring (bicyclic) bond motifs is 4. The normalized spacial score (nSPS) is 18.4. The van der Waals surface area contributed by atoms with Crippen LogP contribution in [0, 0.1) is 6.92 Å². The van der Waals surface area contributed by atoms with Gasteiger partial charge in [0.15, 0.2) is 0 Å². The lowest BCUT2D eigenvalue weighted by Gasteiger charge is -2.35. The molecule has 0 saturated heterocycles. The molecule has 0 bridgehead atoms. The summed E-state index contributed by atoms with van der Waals surface area (Å²) in [5.41, 5.74) is 9.56. The molecule has 2 aliphatic rings. The Morgan fingerprint density at radius 2 is 1.67 bits per heavy atom. The van der Waals surface area contributed by atoms with Gasteiger partial charge >= 0.3 is 0 Å². The van der Waals surface area contributed by atoms with Crippen molar-refractivity contribution in [2.75, 3.05) is 24.7 Å². The number of para-hydroxylation sites is 1. The first-order valence-electron chi connectivity index (χ1n) is 10.9. The van der Waals surface area contributed by atoms with Crippen molar-refractivity contribution in [2.24, 2.45) is 0 Å². The predicted molar refractivity (Wildman–Crippen MR) is 124 cm³/mol. The van der Waals surface area contributed by atoms with Gasteiger partial charge in [0, 0.05) is 29.6 Å². The Bertz CT molecular complexity index is 1250. The zero-order valence-electron chi connectivity index (χ0n) is 17.3. The molecule has 1 atom stereocenters. The Morgan fingerprint density at radius 1 is 0.900 bits per heavy atom. The van der Waals surface area contributed by atoms with Gasteiger partial charge in [-0.3, -0.25) is 0 Å². The van der Waals surface area contributed by atoms with Crippen molar-refractivity contribution in [1.82, 2.24) is 4.98 Å². The number of hydrogen-bond acceptors (Lipinski definition) is 1. The minimum absolute atomic E-state index is 0.341. The van der Waals surface area contributed by atoms with Gasteiger partial charge < -0.3 is 9.88 Å². The molecule has 0 radical (unpaired) electrons. The van der Waals surface area contributed by atoms with Crippen molar-refractivity contribution in [3.63, 3.8) is 0 Å². The number of rotatable bonds is 2. The second kappa shape index (κ2) is 6.88. The van der Waals surface area contributed by atoms with Crippen molar-refractivity contribution >= 4 is 22.3 Å². The van der Waals surface area contributed by atoms with E-state index in [2.05, 4.69) is 100 Å². The zero-order valence-corrected chi connectivity index (χ0v) is 17.3. The summed E-state index contributed by atoms with van der Waals surface area (Å²) in [6, 6.07) is 28.7. The summed E-state index contributed by atoms with van der Waals surface area (Å²) in [6.45, 7) is 5.15. The molecule has 0 fully saturated rings. The van der Waals surface area contributed by atoms with E-state index in [9.17, 15) is 0 Å². The number of hydrogen-bond donors (Lipinski definition) is 1. The average Bonchev–Trinajstić information content (AvgIpc) is 3.18. The monoisotopic (exact) mass is 392 g/mol. The van der Waals surface area contributed by atoms with Crippen LogP contribution in [0.1, 0.15) is 28.3 Å². The van der Waals surface area contributed by atoms with E-state index in [0.29, 0.717) is 5.92 Å². The number of aromatic amines is 1. The minimum Gasteiger partial charge on any atom is -0.350 e. The fourth-order valence-electron chi connectivity index (χ4n) is 5.21. The fourth-order valence-corrected chi connectivity index (χ4v) is 5.21. The van der Waals surface area contributed by atoms with Gasteiger partial charge in [-0.25, -0.2) is 4.58 Å². The summed E-state index contributed by atoms with van der Waals surface area (Å²) in [5, 5.41) is 1.38. The molecule has 0 amide bonds. The van der Waals surface area contributed by atoms with E-state index < -0.39 is 0 Å². The van der Waals surface area contributed by atoms with Crippen LogP contribution in [0.3, 0.4) is 0 Å². The maximum Gasteiger partial charge on any atom is 0.219 e. The number of benzene rings is 3. The average molecular weight is 393 g/mol. The van der Waals surface area contributed by atoms with E-state index in [-0.39, 0.29) is 0 Å². The summed E-state index contributed by atoms with van der Waals surface area (Å²) in [6.07, 6.45) is 1.09. The van der Waals surface area contributed by atoms with E-state index in [1.807, 2.05) is 0 Å². The molecule has 2 aliphatic heterocycles. The first-order chi connectivity index (χ1) is 14.8. The molecule has 4 aromatic rings. The van der Waals surface area contributed by atoms with Gasteiger partial charge in [-0.2, -0.15) is 0 Å². The standard InChI is InChI=1S/C27H25N3/c1-19-11-13-21(14-12-19)30-17-24(20-7-3-2-4-8-20)27-26-23(15-16-29(27)18-30)22-9-5-6-10-25(22)28-26/h2-14,24H,15-18H2,1H3/p+1. The molecular weight excluding hydrogens is 366 g/mol. The van der Waals surface area contributed by atoms with Crippen LogP contribution in [0.15, 0.2) is 78.9 Å². The SMILES string of the molecule is Cc1ccc(N2CC(c3ccccc3)C3=[N+](CCc4c3[nH]c3ccccc43)C2)cc1. The van der Waals surface area contributed by atoms with Crippen molar-refractivity contribution in [3.8, 4) is 0 Å². The van der Waals surface area contributed by atoms with Crippen LogP contribution in [0.2, 0.25) is 0 Å². The molecule has 6 rings (SSSR count). The summed E-state index contributed by atoms with van der Waals surface area (Å²) < 4.78 is 2.60. The van der Waals surface area contributed by atoms with Crippen LogP contribution in [-0.2, 0) is 6.42 Å². The van der Waals surface area contributed by atoms with E-state index in [0.717, 1.165) is 26.2 Å². The largest absolute Gasteiger partial charge is 0.350 e. The van der Waals surface area contributed by atoms with Gasteiger partial charge in [-0.15, -0.1) is 0 Å². The molecule has 1 aromatic heterocycles. The number of H-pyrrole nitrogens is 1. The highest BCUT2D eigenvalue weighted by atomic mass is 15.3. The Morgan fingerprint density at radius 3 is 2.50 bits per heavy atom. The number of aryl methyl sites for hydroxylation is 1. The van der Waals surface area contributed by atoms with Gasteiger partial charge in [-0.05, 0) is 36.2 Å². The number of anilines is 1. The second-order valence-electron chi connectivity index (χ2n) is 8.59. The zero-order chi connectivity index (χ0) is 20.1. The van der Waals surface area contributed by atoms with Crippen molar-refractivity contribution in [1.29, 1.82) is 0 Å². The van der Waals surface area contributed by atoms with Crippen LogP contribution >= 0.6 is 0 Å². The van der Waals surface area contributed by atoms with Crippen molar-refractivity contribution in [2.45, 2.75) is 19.3 Å². The lowest BCUT2D eigenvalue weighted by molar-refractivity contribution is -0.532. The van der Waals surface area contributed by atoms with Gasteiger partial charge in [-0.1, -0.05) is 66.2 Å². The van der Waals surface area contributed by atoms with E-state index in [1.165, 1.54) is 44.7 Å². The second-order valence-corrected chi connectivity index (χ2v) is 8.59. The van der Waals surface area contributed by atoms with Gasteiger partial charge in [0.05, 0.1) is 5.92 Å². The number of nitrogens with one attached hydrogen (secondary N) is 1. The first-order valence-corrected chi connectivity index (χ1v) is 10.9. The number of nitrogens with zero attached hydrogens (tertiary/aromatic N) is 2. The van der Waals surface area contributed by atoms with Crippen molar-refractivity contribution in [3.05, 3.63) is 101 Å². The predicted octanol–water partition coefficient (Wildman–Crippen LogP) is 5.10. The molecule has 3 nitrogen and oxygen atoms in total. The molecule has 0 spiro atoms. The molecule has 0 saturated carbocycles. The van der Waals surface area contributed by atoms with Gasteiger partial charge in [0.25, 0.3) is 0 Å². The van der Waals surface area contributed by atoms with Crippen LogP contribution in [0.5, 0.6) is 0 Å². The third-order valence-corrected chi connectivity index (χ3v) is 6.72. The summed E-state index contributed by atoms with van der Waals surface area (Å²) in [7, 11) is 0. The summed E-state index contributed by atoms with van der Waals surface area (Å²) in [4.78, 5) is 6.32. The van der Waals surface area contributed by atoms with Gasteiger partial charge in [0.1, 0.15) is 12.2 Å². The van der Waals surface area contributed by atoms with Crippen LogP contribution in [0.4, 0.5) is 5.69 Å². The van der Waals surface area contributed by atoms with Crippen LogP contribution in [0.25, 0.3) is 10.9 Å². The fraction of sp³-hybridized carbons (Fsp3) is 0.222. The van der Waals surface area contributed by atoms with Crippen LogP contribution in [-0.4, -0.2) is 35.0 Å². The number of aromatic nitrogens is 1. The van der Waals surface area contributed by atoms with E-state index >= 15 is 0 Å². The molecule has 1 unspecified atom stereocenters. The smallest absolute Gasteiger partial charge is 0.219 e. The highest BCUT2D eigenvalue weighted by molar-refractivity contribution is 6.07. The Hall–Kier alpha value is -3.33. The molecule has 30 heavy (non-hydrogen) atoms. The maximum absolute atomic E-state index is 3.78. The van der Waals surface area contributed by atoms with Crippen LogP contribution < -0.4 is 4.90 Å². The Balaban J connectivity index is 1.51. The molecular formula is C27H26N3+. The quantitative estimate of drug-likeness (QED) is 0.471. The lowest BCUT2D eigenvalue weighted by atomic mass is 9.86. The third-order valence-electron chi connectivity index (χ3n) is 6.72. The minimum atomic E-state index is 0.341. The first kappa shape index (κ1) is 17.5.